The number of benzene rings is 1. The van der Waals surface area contributed by atoms with E-state index in [0.717, 1.165) is 28.2 Å². The Hall–Kier alpha value is -2.88. The van der Waals surface area contributed by atoms with E-state index >= 15 is 0 Å². The Labute approximate surface area is 115 Å². The van der Waals surface area contributed by atoms with Crippen LogP contribution in [0.5, 0.6) is 0 Å². The molecule has 0 saturated carbocycles. The maximum atomic E-state index is 5.11. The van der Waals surface area contributed by atoms with Gasteiger partial charge in [0.25, 0.3) is 0 Å². The van der Waals surface area contributed by atoms with Crippen molar-refractivity contribution in [2.75, 3.05) is 0 Å². The summed E-state index contributed by atoms with van der Waals surface area (Å²) >= 11 is 0. The minimum atomic E-state index is 0.830. The molecule has 0 radical (unpaired) electrons. The molecule has 0 unspecified atom stereocenters. The number of aromatic nitrogens is 3. The number of hydrogen-bond acceptors (Lipinski definition) is 3. The van der Waals surface area contributed by atoms with Crippen LogP contribution in [0.3, 0.4) is 0 Å². The van der Waals surface area contributed by atoms with Crippen molar-refractivity contribution in [1.82, 2.24) is 14.6 Å². The molecule has 0 amide bonds. The highest BCUT2D eigenvalue weighted by molar-refractivity contribution is 5.65. The van der Waals surface area contributed by atoms with Gasteiger partial charge in [-0.2, -0.15) is 5.10 Å². The smallest absolute Gasteiger partial charge is 0.154 e. The zero-order chi connectivity index (χ0) is 13.4. The highest BCUT2D eigenvalue weighted by Gasteiger charge is 2.08. The van der Waals surface area contributed by atoms with E-state index < -0.39 is 0 Å². The van der Waals surface area contributed by atoms with E-state index in [1.54, 1.807) is 12.5 Å². The first-order chi connectivity index (χ1) is 9.92. The molecule has 4 heteroatoms. The van der Waals surface area contributed by atoms with E-state index in [1.165, 1.54) is 0 Å². The van der Waals surface area contributed by atoms with Gasteiger partial charge in [-0.1, -0.05) is 30.3 Å². The van der Waals surface area contributed by atoms with E-state index in [-0.39, 0.29) is 0 Å². The highest BCUT2D eigenvalue weighted by Crippen LogP contribution is 2.22. The maximum Gasteiger partial charge on any atom is 0.154 e. The molecule has 0 atom stereocenters. The van der Waals surface area contributed by atoms with E-state index in [4.69, 9.17) is 4.42 Å². The van der Waals surface area contributed by atoms with Gasteiger partial charge in [0.05, 0.1) is 30.1 Å². The fraction of sp³-hybridized carbons (Fsp3) is 0. The topological polar surface area (TPSA) is 43.3 Å². The predicted molar refractivity (Wildman–Crippen MR) is 76.1 cm³/mol. The number of imidazole rings is 1. The van der Waals surface area contributed by atoms with Crippen molar-refractivity contribution in [2.45, 2.75) is 0 Å². The minimum absolute atomic E-state index is 0.830. The van der Waals surface area contributed by atoms with E-state index in [2.05, 4.69) is 22.2 Å². The standard InChI is InChI=1S/C16H11N3O/c1-2-4-12(5-3-1)15-10-17-16-7-6-14(18-19(15)16)13-8-9-20-11-13/h1-11H. The second kappa shape index (κ2) is 4.35. The third kappa shape index (κ3) is 1.70. The van der Waals surface area contributed by atoms with Crippen LogP contribution in [0.4, 0.5) is 0 Å². The average molecular weight is 261 g/mol. The summed E-state index contributed by atoms with van der Waals surface area (Å²) in [6.07, 6.45) is 5.18. The van der Waals surface area contributed by atoms with Crippen LogP contribution < -0.4 is 0 Å². The van der Waals surface area contributed by atoms with Crippen LogP contribution in [0.1, 0.15) is 0 Å². The van der Waals surface area contributed by atoms with E-state index in [1.807, 2.05) is 47.1 Å². The molecule has 0 N–H and O–H groups in total. The summed E-state index contributed by atoms with van der Waals surface area (Å²) in [5, 5.41) is 4.65. The predicted octanol–water partition coefficient (Wildman–Crippen LogP) is 3.66. The second-order valence-electron chi connectivity index (χ2n) is 4.51. The van der Waals surface area contributed by atoms with Gasteiger partial charge in [0, 0.05) is 11.1 Å². The van der Waals surface area contributed by atoms with Gasteiger partial charge in [0.2, 0.25) is 0 Å². The van der Waals surface area contributed by atoms with Crippen LogP contribution in [0.25, 0.3) is 28.2 Å². The minimum Gasteiger partial charge on any atom is -0.472 e. The van der Waals surface area contributed by atoms with Crippen LogP contribution in [0.15, 0.2) is 71.7 Å². The fourth-order valence-corrected chi connectivity index (χ4v) is 2.24. The van der Waals surface area contributed by atoms with Gasteiger partial charge < -0.3 is 4.42 Å². The van der Waals surface area contributed by atoms with Gasteiger partial charge in [-0.15, -0.1) is 0 Å². The van der Waals surface area contributed by atoms with Crippen LogP contribution in [0, 0.1) is 0 Å². The van der Waals surface area contributed by atoms with Gasteiger partial charge >= 0.3 is 0 Å². The van der Waals surface area contributed by atoms with Crippen LogP contribution >= 0.6 is 0 Å². The first-order valence-electron chi connectivity index (χ1n) is 6.34. The lowest BCUT2D eigenvalue weighted by molar-refractivity contribution is 0.568. The lowest BCUT2D eigenvalue weighted by Crippen LogP contribution is -1.96. The monoisotopic (exact) mass is 261 g/mol. The maximum absolute atomic E-state index is 5.11. The van der Waals surface area contributed by atoms with Gasteiger partial charge in [0.15, 0.2) is 5.65 Å². The SMILES string of the molecule is c1ccc(-c2cnc3ccc(-c4ccoc4)nn23)cc1. The highest BCUT2D eigenvalue weighted by atomic mass is 16.3. The summed E-state index contributed by atoms with van der Waals surface area (Å²) in [6, 6.07) is 15.9. The Morgan fingerprint density at radius 1 is 0.900 bits per heavy atom. The van der Waals surface area contributed by atoms with Crippen LogP contribution in [0.2, 0.25) is 0 Å². The molecule has 4 rings (SSSR count). The quantitative estimate of drug-likeness (QED) is 0.553. The third-order valence-corrected chi connectivity index (χ3v) is 3.25. The molecule has 1 aromatic carbocycles. The summed E-state index contributed by atoms with van der Waals surface area (Å²) in [6.45, 7) is 0. The Bertz CT molecular complexity index is 848. The molecule has 20 heavy (non-hydrogen) atoms. The van der Waals surface area contributed by atoms with Crippen LogP contribution in [-0.4, -0.2) is 14.6 Å². The third-order valence-electron chi connectivity index (χ3n) is 3.25. The first kappa shape index (κ1) is 11.0. The normalized spacial score (nSPS) is 11.0. The molecular formula is C16H11N3O. The molecule has 0 fully saturated rings. The molecular weight excluding hydrogens is 250 g/mol. The first-order valence-corrected chi connectivity index (χ1v) is 6.34. The molecule has 0 bridgehead atoms. The molecule has 4 aromatic rings. The van der Waals surface area contributed by atoms with Gasteiger partial charge in [-0.05, 0) is 18.2 Å². The Kier molecular flexibility index (Phi) is 2.39. The molecule has 96 valence electrons. The Morgan fingerprint density at radius 3 is 2.60 bits per heavy atom. The summed E-state index contributed by atoms with van der Waals surface area (Å²) in [5.74, 6) is 0. The zero-order valence-electron chi connectivity index (χ0n) is 10.6. The molecule has 0 aliphatic rings. The van der Waals surface area contributed by atoms with Crippen molar-refractivity contribution >= 4 is 5.65 Å². The van der Waals surface area contributed by atoms with Crippen molar-refractivity contribution in [2.24, 2.45) is 0 Å². The van der Waals surface area contributed by atoms with Gasteiger partial charge in [-0.25, -0.2) is 9.50 Å². The average Bonchev–Trinajstić information content (AvgIpc) is 3.17. The molecule has 4 nitrogen and oxygen atoms in total. The lowest BCUT2D eigenvalue weighted by Gasteiger charge is -2.02. The van der Waals surface area contributed by atoms with Crippen molar-refractivity contribution in [3.05, 3.63) is 67.3 Å². The van der Waals surface area contributed by atoms with Gasteiger partial charge in [0.1, 0.15) is 0 Å². The molecule has 0 aliphatic heterocycles. The lowest BCUT2D eigenvalue weighted by atomic mass is 10.2. The second-order valence-corrected chi connectivity index (χ2v) is 4.51. The molecule has 0 spiro atoms. The molecule has 0 saturated heterocycles. The zero-order valence-corrected chi connectivity index (χ0v) is 10.6. The van der Waals surface area contributed by atoms with Crippen molar-refractivity contribution in [1.29, 1.82) is 0 Å². The number of hydrogen-bond donors (Lipinski definition) is 0. The molecule has 3 aromatic heterocycles. The summed E-state index contributed by atoms with van der Waals surface area (Å²) in [4.78, 5) is 4.39. The molecule has 0 aliphatic carbocycles. The van der Waals surface area contributed by atoms with Crippen LogP contribution in [-0.2, 0) is 0 Å². The fourth-order valence-electron chi connectivity index (χ4n) is 2.24. The van der Waals surface area contributed by atoms with Crippen molar-refractivity contribution in [3.63, 3.8) is 0 Å². The summed E-state index contributed by atoms with van der Waals surface area (Å²) in [5.41, 5.74) is 4.72. The van der Waals surface area contributed by atoms with E-state index in [0.29, 0.717) is 0 Å². The Balaban J connectivity index is 1.93. The van der Waals surface area contributed by atoms with Gasteiger partial charge in [-0.3, -0.25) is 0 Å². The van der Waals surface area contributed by atoms with Crippen molar-refractivity contribution < 1.29 is 4.42 Å². The number of rotatable bonds is 2. The number of fused-ring (bicyclic) bond motifs is 1. The summed E-state index contributed by atoms with van der Waals surface area (Å²) < 4.78 is 6.97. The van der Waals surface area contributed by atoms with E-state index in [9.17, 15) is 0 Å². The number of furan rings is 1. The summed E-state index contributed by atoms with van der Waals surface area (Å²) in [7, 11) is 0. The Morgan fingerprint density at radius 2 is 1.80 bits per heavy atom. The molecule has 3 heterocycles. The van der Waals surface area contributed by atoms with Crippen molar-refractivity contribution in [3.8, 4) is 22.5 Å². The largest absolute Gasteiger partial charge is 0.472 e. The number of nitrogens with zero attached hydrogens (tertiary/aromatic N) is 3.